The average molecular weight is 388 g/mol. The molecule has 0 atom stereocenters. The number of hydrogen-bond donors (Lipinski definition) is 1. The first kappa shape index (κ1) is 18.9. The van der Waals surface area contributed by atoms with Gasteiger partial charge in [-0.15, -0.1) is 0 Å². The summed E-state index contributed by atoms with van der Waals surface area (Å²) < 4.78 is 0. The Morgan fingerprint density at radius 3 is 2.55 bits per heavy atom. The Hall–Kier alpha value is -3.41. The normalized spacial score (nSPS) is 13.1. The molecule has 29 heavy (non-hydrogen) atoms. The van der Waals surface area contributed by atoms with Gasteiger partial charge in [0.25, 0.3) is 5.91 Å². The molecular weight excluding hydrogens is 364 g/mol. The monoisotopic (exact) mass is 388 g/mol. The zero-order valence-corrected chi connectivity index (χ0v) is 16.9. The van der Waals surface area contributed by atoms with Gasteiger partial charge in [0.1, 0.15) is 11.6 Å². The molecule has 148 valence electrons. The number of rotatable bonds is 3. The van der Waals surface area contributed by atoms with Crippen molar-refractivity contribution >= 4 is 11.7 Å². The van der Waals surface area contributed by atoms with Crippen molar-refractivity contribution in [1.82, 2.24) is 14.9 Å². The summed E-state index contributed by atoms with van der Waals surface area (Å²) in [4.78, 5) is 26.5. The Labute approximate surface area is 170 Å². The predicted octanol–water partition coefficient (Wildman–Crippen LogP) is 3.42. The van der Waals surface area contributed by atoms with E-state index in [1.54, 1.807) is 25.1 Å². The van der Waals surface area contributed by atoms with Gasteiger partial charge in [0, 0.05) is 37.3 Å². The highest BCUT2D eigenvalue weighted by Crippen LogP contribution is 2.29. The van der Waals surface area contributed by atoms with Crippen molar-refractivity contribution in [1.29, 1.82) is 0 Å². The number of fused-ring (bicyclic) bond motifs is 1. The van der Waals surface area contributed by atoms with E-state index >= 15 is 0 Å². The second kappa shape index (κ2) is 7.54. The Balaban J connectivity index is 1.70. The third-order valence-electron chi connectivity index (χ3n) is 5.23. The molecule has 0 radical (unpaired) electrons. The maximum atomic E-state index is 13.0. The van der Waals surface area contributed by atoms with E-state index in [0.29, 0.717) is 36.5 Å². The van der Waals surface area contributed by atoms with Gasteiger partial charge in [0.15, 0.2) is 5.82 Å². The minimum atomic E-state index is -0.0509. The van der Waals surface area contributed by atoms with Crippen LogP contribution in [0, 0.1) is 6.92 Å². The van der Waals surface area contributed by atoms with Crippen LogP contribution in [0.5, 0.6) is 5.75 Å². The number of benzene rings is 2. The maximum absolute atomic E-state index is 13.0. The highest BCUT2D eigenvalue weighted by Gasteiger charge is 2.27. The lowest BCUT2D eigenvalue weighted by molar-refractivity contribution is 0.0731. The summed E-state index contributed by atoms with van der Waals surface area (Å²) in [5.41, 5.74) is 4.21. The summed E-state index contributed by atoms with van der Waals surface area (Å²) in [5, 5.41) is 9.74. The topological polar surface area (TPSA) is 69.6 Å². The molecule has 0 spiro atoms. The van der Waals surface area contributed by atoms with Gasteiger partial charge in [-0.25, -0.2) is 9.97 Å². The molecule has 3 aromatic rings. The summed E-state index contributed by atoms with van der Waals surface area (Å²) in [6.45, 7) is 2.85. The molecule has 2 aromatic carbocycles. The van der Waals surface area contributed by atoms with Crippen molar-refractivity contribution in [3.8, 4) is 17.1 Å². The van der Waals surface area contributed by atoms with Crippen LogP contribution < -0.4 is 4.90 Å². The van der Waals surface area contributed by atoms with E-state index in [9.17, 15) is 9.90 Å². The molecule has 1 amide bonds. The lowest BCUT2D eigenvalue weighted by Gasteiger charge is -2.31. The summed E-state index contributed by atoms with van der Waals surface area (Å²) >= 11 is 0. The van der Waals surface area contributed by atoms with Crippen LogP contribution in [-0.4, -0.2) is 46.5 Å². The van der Waals surface area contributed by atoms with E-state index in [1.807, 2.05) is 54.2 Å². The van der Waals surface area contributed by atoms with E-state index in [1.165, 1.54) is 0 Å². The van der Waals surface area contributed by atoms with Gasteiger partial charge in [-0.2, -0.15) is 0 Å². The molecule has 0 fully saturated rings. The minimum Gasteiger partial charge on any atom is -0.508 e. The van der Waals surface area contributed by atoms with Gasteiger partial charge in [-0.1, -0.05) is 30.3 Å². The number of aromatic hydroxyl groups is 1. The highest BCUT2D eigenvalue weighted by atomic mass is 16.3. The zero-order valence-electron chi connectivity index (χ0n) is 16.9. The SMILES string of the molecule is Cc1cc(C(=O)N2CCc3c(nc(-c4ccccc4)nc3N(C)C)C2)ccc1O. The largest absolute Gasteiger partial charge is 0.508 e. The van der Waals surface area contributed by atoms with E-state index in [2.05, 4.69) is 0 Å². The molecule has 1 aliphatic heterocycles. The molecule has 0 aliphatic carbocycles. The minimum absolute atomic E-state index is 0.0509. The van der Waals surface area contributed by atoms with Crippen LogP contribution in [0.15, 0.2) is 48.5 Å². The Bertz CT molecular complexity index is 1060. The van der Waals surface area contributed by atoms with Crippen molar-refractivity contribution in [3.63, 3.8) is 0 Å². The molecule has 1 N–H and O–H groups in total. The molecule has 0 saturated carbocycles. The predicted molar refractivity (Wildman–Crippen MR) is 113 cm³/mol. The average Bonchev–Trinajstić information content (AvgIpc) is 2.74. The first-order valence-electron chi connectivity index (χ1n) is 9.65. The second-order valence-corrected chi connectivity index (χ2v) is 7.53. The third-order valence-corrected chi connectivity index (χ3v) is 5.23. The number of hydrogen-bond acceptors (Lipinski definition) is 5. The second-order valence-electron chi connectivity index (χ2n) is 7.53. The first-order chi connectivity index (χ1) is 13.9. The molecule has 1 aromatic heterocycles. The number of phenols is 1. The molecule has 0 bridgehead atoms. The molecule has 6 heteroatoms. The Morgan fingerprint density at radius 1 is 1.10 bits per heavy atom. The number of aromatic nitrogens is 2. The number of carbonyl (C=O) groups excluding carboxylic acids is 1. The summed E-state index contributed by atoms with van der Waals surface area (Å²) in [6, 6.07) is 14.9. The highest BCUT2D eigenvalue weighted by molar-refractivity contribution is 5.94. The first-order valence-corrected chi connectivity index (χ1v) is 9.65. The lowest BCUT2D eigenvalue weighted by atomic mass is 10.0. The van der Waals surface area contributed by atoms with Crippen LogP contribution in [0.1, 0.15) is 27.2 Å². The summed E-state index contributed by atoms with van der Waals surface area (Å²) in [5.74, 6) is 1.72. The van der Waals surface area contributed by atoms with Gasteiger partial charge in [-0.3, -0.25) is 4.79 Å². The van der Waals surface area contributed by atoms with Crippen molar-refractivity contribution in [2.24, 2.45) is 0 Å². The summed E-state index contributed by atoms with van der Waals surface area (Å²) in [6.07, 6.45) is 0.709. The van der Waals surface area contributed by atoms with Crippen molar-refractivity contribution in [3.05, 3.63) is 70.9 Å². The van der Waals surface area contributed by atoms with E-state index in [4.69, 9.17) is 9.97 Å². The van der Waals surface area contributed by atoms with Crippen LogP contribution in [-0.2, 0) is 13.0 Å². The van der Waals surface area contributed by atoms with Gasteiger partial charge in [0.2, 0.25) is 0 Å². The van der Waals surface area contributed by atoms with Crippen LogP contribution in [0.3, 0.4) is 0 Å². The van der Waals surface area contributed by atoms with Crippen molar-refractivity contribution in [2.45, 2.75) is 19.9 Å². The molecule has 1 aliphatic rings. The van der Waals surface area contributed by atoms with Crippen LogP contribution in [0.4, 0.5) is 5.82 Å². The standard InChI is InChI=1S/C23H24N4O2/c1-15-13-17(9-10-20(15)28)23(29)27-12-11-18-19(14-27)24-21(25-22(18)26(2)3)16-7-5-4-6-8-16/h4-10,13,28H,11-12,14H2,1-3H3. The van der Waals surface area contributed by atoms with Crippen LogP contribution >= 0.6 is 0 Å². The Kier molecular flexibility index (Phi) is 4.92. The quantitative estimate of drug-likeness (QED) is 0.745. The molecule has 6 nitrogen and oxygen atoms in total. The van der Waals surface area contributed by atoms with Gasteiger partial charge >= 0.3 is 0 Å². The fourth-order valence-electron chi connectivity index (χ4n) is 3.64. The molecule has 0 unspecified atom stereocenters. The number of carbonyl (C=O) groups is 1. The van der Waals surface area contributed by atoms with E-state index in [-0.39, 0.29) is 11.7 Å². The van der Waals surface area contributed by atoms with Crippen LogP contribution in [0.25, 0.3) is 11.4 Å². The van der Waals surface area contributed by atoms with Gasteiger partial charge < -0.3 is 14.9 Å². The Morgan fingerprint density at radius 2 is 1.86 bits per heavy atom. The number of aryl methyl sites for hydroxylation is 1. The van der Waals surface area contributed by atoms with E-state index < -0.39 is 0 Å². The molecule has 2 heterocycles. The van der Waals surface area contributed by atoms with Crippen molar-refractivity contribution in [2.75, 3.05) is 25.5 Å². The number of nitrogens with zero attached hydrogens (tertiary/aromatic N) is 4. The van der Waals surface area contributed by atoms with Gasteiger partial charge in [0.05, 0.1) is 12.2 Å². The molecular formula is C23H24N4O2. The fourth-order valence-corrected chi connectivity index (χ4v) is 3.64. The maximum Gasteiger partial charge on any atom is 0.254 e. The zero-order chi connectivity index (χ0) is 20.5. The summed E-state index contributed by atoms with van der Waals surface area (Å²) in [7, 11) is 3.96. The van der Waals surface area contributed by atoms with Crippen LogP contribution in [0.2, 0.25) is 0 Å². The smallest absolute Gasteiger partial charge is 0.254 e. The lowest BCUT2D eigenvalue weighted by Crippen LogP contribution is -2.37. The fraction of sp³-hybridized carbons (Fsp3) is 0.261. The molecule has 0 saturated heterocycles. The number of amides is 1. The number of anilines is 1. The van der Waals surface area contributed by atoms with Gasteiger partial charge in [-0.05, 0) is 37.1 Å². The van der Waals surface area contributed by atoms with Crippen molar-refractivity contribution < 1.29 is 9.90 Å². The number of phenolic OH excluding ortho intramolecular Hbond substituents is 1. The molecule has 4 rings (SSSR count). The third kappa shape index (κ3) is 3.66. The van der Waals surface area contributed by atoms with E-state index in [0.717, 1.165) is 22.6 Å².